The van der Waals surface area contributed by atoms with Crippen molar-refractivity contribution in [1.29, 1.82) is 0 Å². The van der Waals surface area contributed by atoms with Gasteiger partial charge >= 0.3 is 5.97 Å². The number of hydrazine groups is 1. The second kappa shape index (κ2) is 5.82. The third-order valence-electron chi connectivity index (χ3n) is 1.90. The van der Waals surface area contributed by atoms with Crippen molar-refractivity contribution in [2.45, 2.75) is 6.42 Å². The van der Waals surface area contributed by atoms with Crippen molar-refractivity contribution in [2.24, 2.45) is 5.84 Å². The van der Waals surface area contributed by atoms with Crippen LogP contribution in [0.3, 0.4) is 0 Å². The van der Waals surface area contributed by atoms with E-state index in [2.05, 4.69) is 10.2 Å². The van der Waals surface area contributed by atoms with E-state index in [1.165, 1.54) is 7.11 Å². The Bertz CT molecular complexity index is 344. The molecule has 0 atom stereocenters. The van der Waals surface area contributed by atoms with Crippen molar-refractivity contribution in [3.63, 3.8) is 0 Å². The van der Waals surface area contributed by atoms with Gasteiger partial charge in [0.1, 0.15) is 0 Å². The van der Waals surface area contributed by atoms with Crippen LogP contribution in [0, 0.1) is 0 Å². The average molecular weight is 206 g/mol. The monoisotopic (exact) mass is 206 g/mol. The lowest BCUT2D eigenvalue weighted by molar-refractivity contribution is -0.139. The zero-order valence-corrected chi connectivity index (χ0v) is 8.57. The van der Waals surface area contributed by atoms with E-state index in [1.807, 2.05) is 30.3 Å². The fourth-order valence-corrected chi connectivity index (χ4v) is 1.07. The zero-order valence-electron chi connectivity index (χ0n) is 8.57. The topological polar surface area (TPSA) is 64.3 Å². The maximum atomic E-state index is 10.8. The number of esters is 1. The molecule has 0 saturated carbocycles. The lowest BCUT2D eigenvalue weighted by atomic mass is 10.2. The Balaban J connectivity index is 2.53. The van der Waals surface area contributed by atoms with Gasteiger partial charge in [-0.15, -0.1) is 0 Å². The Morgan fingerprint density at radius 2 is 2.13 bits per heavy atom. The molecule has 0 aliphatic carbocycles. The molecule has 0 radical (unpaired) electrons. The summed E-state index contributed by atoms with van der Waals surface area (Å²) >= 11 is 0. The van der Waals surface area contributed by atoms with Crippen molar-refractivity contribution < 1.29 is 9.53 Å². The molecule has 15 heavy (non-hydrogen) atoms. The SMILES string of the molecule is COC(=O)C/C=C/c1ccc(NN)cc1. The smallest absolute Gasteiger partial charge is 0.309 e. The molecule has 0 unspecified atom stereocenters. The highest BCUT2D eigenvalue weighted by Gasteiger charge is 1.94. The molecule has 0 saturated heterocycles. The summed E-state index contributed by atoms with van der Waals surface area (Å²) in [5.41, 5.74) is 4.40. The summed E-state index contributed by atoms with van der Waals surface area (Å²) in [6, 6.07) is 7.53. The minimum Gasteiger partial charge on any atom is -0.469 e. The van der Waals surface area contributed by atoms with Gasteiger partial charge in [0.05, 0.1) is 13.5 Å². The lowest BCUT2D eigenvalue weighted by Crippen LogP contribution is -2.05. The van der Waals surface area contributed by atoms with Gasteiger partial charge in [0.15, 0.2) is 0 Å². The molecule has 1 aromatic carbocycles. The van der Waals surface area contributed by atoms with Crippen LogP contribution in [-0.2, 0) is 9.53 Å². The Kier molecular flexibility index (Phi) is 4.37. The fraction of sp³-hybridized carbons (Fsp3) is 0.182. The van der Waals surface area contributed by atoms with E-state index in [-0.39, 0.29) is 12.4 Å². The molecular weight excluding hydrogens is 192 g/mol. The van der Waals surface area contributed by atoms with E-state index < -0.39 is 0 Å². The number of hydrogen-bond acceptors (Lipinski definition) is 4. The molecular formula is C11H14N2O2. The third-order valence-corrected chi connectivity index (χ3v) is 1.90. The molecule has 4 heteroatoms. The van der Waals surface area contributed by atoms with E-state index in [0.717, 1.165) is 11.3 Å². The van der Waals surface area contributed by atoms with Crippen LogP contribution in [0.2, 0.25) is 0 Å². The minimum atomic E-state index is -0.244. The number of anilines is 1. The van der Waals surface area contributed by atoms with E-state index >= 15 is 0 Å². The van der Waals surface area contributed by atoms with Crippen LogP contribution in [-0.4, -0.2) is 13.1 Å². The Morgan fingerprint density at radius 3 is 2.67 bits per heavy atom. The molecule has 0 amide bonds. The standard InChI is InChI=1S/C11H14N2O2/c1-15-11(14)4-2-3-9-5-7-10(13-12)8-6-9/h2-3,5-8,13H,4,12H2,1H3/b3-2+. The van der Waals surface area contributed by atoms with Crippen LogP contribution < -0.4 is 11.3 Å². The van der Waals surface area contributed by atoms with Gasteiger partial charge in [0, 0.05) is 5.69 Å². The van der Waals surface area contributed by atoms with E-state index in [4.69, 9.17) is 5.84 Å². The summed E-state index contributed by atoms with van der Waals surface area (Å²) in [7, 11) is 1.37. The summed E-state index contributed by atoms with van der Waals surface area (Å²) in [5, 5.41) is 0. The second-order valence-electron chi connectivity index (χ2n) is 2.95. The highest BCUT2D eigenvalue weighted by molar-refractivity contribution is 5.72. The summed E-state index contributed by atoms with van der Waals surface area (Å²) in [5.74, 6) is 4.98. The highest BCUT2D eigenvalue weighted by Crippen LogP contribution is 2.09. The quantitative estimate of drug-likeness (QED) is 0.445. The number of nitrogens with two attached hydrogens (primary N) is 1. The van der Waals surface area contributed by atoms with Crippen molar-refractivity contribution in [3.05, 3.63) is 35.9 Å². The van der Waals surface area contributed by atoms with Gasteiger partial charge in [0.2, 0.25) is 0 Å². The lowest BCUT2D eigenvalue weighted by Gasteiger charge is -1.99. The molecule has 80 valence electrons. The molecule has 0 spiro atoms. The normalized spacial score (nSPS) is 10.3. The first kappa shape index (κ1) is 11.3. The van der Waals surface area contributed by atoms with Crippen molar-refractivity contribution in [1.82, 2.24) is 0 Å². The number of rotatable bonds is 4. The van der Waals surface area contributed by atoms with Crippen LogP contribution in [0.1, 0.15) is 12.0 Å². The van der Waals surface area contributed by atoms with E-state index in [1.54, 1.807) is 6.08 Å². The summed E-state index contributed by atoms with van der Waals surface area (Å²) in [6.45, 7) is 0. The minimum absolute atomic E-state index is 0.244. The summed E-state index contributed by atoms with van der Waals surface area (Å²) < 4.78 is 4.51. The molecule has 0 heterocycles. The molecule has 0 aliphatic heterocycles. The average Bonchev–Trinajstić information content (AvgIpc) is 2.29. The van der Waals surface area contributed by atoms with Crippen LogP contribution >= 0.6 is 0 Å². The van der Waals surface area contributed by atoms with Crippen molar-refractivity contribution in [2.75, 3.05) is 12.5 Å². The van der Waals surface area contributed by atoms with Gasteiger partial charge in [-0.2, -0.15) is 0 Å². The van der Waals surface area contributed by atoms with Gasteiger partial charge in [-0.1, -0.05) is 24.3 Å². The number of nitrogens with one attached hydrogen (secondary N) is 1. The number of carbonyl (C=O) groups is 1. The van der Waals surface area contributed by atoms with Crippen molar-refractivity contribution >= 4 is 17.7 Å². The van der Waals surface area contributed by atoms with Crippen LogP contribution in [0.4, 0.5) is 5.69 Å². The zero-order chi connectivity index (χ0) is 11.1. The number of ether oxygens (including phenoxy) is 1. The Hall–Kier alpha value is -1.81. The molecule has 3 N–H and O–H groups in total. The van der Waals surface area contributed by atoms with Crippen LogP contribution in [0.15, 0.2) is 30.3 Å². The molecule has 1 rings (SSSR count). The first-order valence-corrected chi connectivity index (χ1v) is 4.56. The third kappa shape index (κ3) is 3.83. The first-order chi connectivity index (χ1) is 7.26. The van der Waals surface area contributed by atoms with Crippen LogP contribution in [0.5, 0.6) is 0 Å². The Morgan fingerprint density at radius 1 is 1.47 bits per heavy atom. The number of nitrogen functional groups attached to an aromatic ring is 1. The first-order valence-electron chi connectivity index (χ1n) is 4.56. The number of hydrogen-bond donors (Lipinski definition) is 2. The molecule has 0 aliphatic rings. The van der Waals surface area contributed by atoms with Gasteiger partial charge in [-0.3, -0.25) is 10.6 Å². The molecule has 4 nitrogen and oxygen atoms in total. The van der Waals surface area contributed by atoms with Crippen LogP contribution in [0.25, 0.3) is 6.08 Å². The maximum absolute atomic E-state index is 10.8. The fourth-order valence-electron chi connectivity index (χ4n) is 1.07. The van der Waals surface area contributed by atoms with E-state index in [9.17, 15) is 4.79 Å². The molecule has 0 fully saturated rings. The largest absolute Gasteiger partial charge is 0.469 e. The number of carbonyl (C=O) groups excluding carboxylic acids is 1. The van der Waals surface area contributed by atoms with Gasteiger partial charge < -0.3 is 10.2 Å². The van der Waals surface area contributed by atoms with Gasteiger partial charge in [-0.25, -0.2) is 0 Å². The molecule has 0 aromatic heterocycles. The Labute approximate surface area is 88.7 Å². The van der Waals surface area contributed by atoms with E-state index in [0.29, 0.717) is 0 Å². The molecule has 1 aromatic rings. The summed E-state index contributed by atoms with van der Waals surface area (Å²) in [6.07, 6.45) is 3.90. The number of methoxy groups -OCH3 is 1. The maximum Gasteiger partial charge on any atom is 0.309 e. The van der Waals surface area contributed by atoms with Crippen molar-refractivity contribution in [3.8, 4) is 0 Å². The molecule has 0 bridgehead atoms. The highest BCUT2D eigenvalue weighted by atomic mass is 16.5. The summed E-state index contributed by atoms with van der Waals surface area (Å²) in [4.78, 5) is 10.8. The second-order valence-corrected chi connectivity index (χ2v) is 2.95. The number of benzene rings is 1. The van der Waals surface area contributed by atoms with Gasteiger partial charge in [0.25, 0.3) is 0 Å². The predicted molar refractivity (Wildman–Crippen MR) is 59.9 cm³/mol. The predicted octanol–water partition coefficient (Wildman–Crippen LogP) is 1.55. The van der Waals surface area contributed by atoms with Gasteiger partial charge in [-0.05, 0) is 17.7 Å².